The number of esters is 1. The minimum absolute atomic E-state index is 0.0239. The number of hydrogen-bond donors (Lipinski definition) is 1. The lowest BCUT2D eigenvalue weighted by Gasteiger charge is -2.07. The van der Waals surface area contributed by atoms with Crippen molar-refractivity contribution < 1.29 is 14.3 Å². The molecule has 2 N–H and O–H groups in total. The van der Waals surface area contributed by atoms with Crippen LogP contribution >= 0.6 is 0 Å². The molecule has 0 saturated carbocycles. The standard InChI is InChI=1S/C15H21NO3/c1-11(2)13-5-3-12(4-6-13)10-19-15(18)8-7-14(17)9-16/h3-6,11H,7-10,16H2,1-2H3. The van der Waals surface area contributed by atoms with Gasteiger partial charge in [-0.3, -0.25) is 9.59 Å². The first kappa shape index (κ1) is 15.4. The number of hydrogen-bond acceptors (Lipinski definition) is 4. The van der Waals surface area contributed by atoms with E-state index in [2.05, 4.69) is 13.8 Å². The van der Waals surface area contributed by atoms with Crippen LogP contribution in [0.3, 0.4) is 0 Å². The fourth-order valence-electron chi connectivity index (χ4n) is 1.58. The van der Waals surface area contributed by atoms with Gasteiger partial charge in [-0.05, 0) is 17.0 Å². The van der Waals surface area contributed by atoms with Gasteiger partial charge in [0.1, 0.15) is 12.4 Å². The first-order valence-corrected chi connectivity index (χ1v) is 6.49. The lowest BCUT2D eigenvalue weighted by atomic mass is 10.0. The van der Waals surface area contributed by atoms with Gasteiger partial charge >= 0.3 is 5.97 Å². The normalized spacial score (nSPS) is 10.5. The number of benzene rings is 1. The molecule has 0 atom stereocenters. The van der Waals surface area contributed by atoms with Gasteiger partial charge < -0.3 is 10.5 Å². The lowest BCUT2D eigenvalue weighted by Crippen LogP contribution is -2.15. The Morgan fingerprint density at radius 2 is 1.79 bits per heavy atom. The van der Waals surface area contributed by atoms with Crippen LogP contribution < -0.4 is 5.73 Å². The van der Waals surface area contributed by atoms with Gasteiger partial charge in [0.2, 0.25) is 0 Å². The fraction of sp³-hybridized carbons (Fsp3) is 0.467. The van der Waals surface area contributed by atoms with Gasteiger partial charge in [0.15, 0.2) is 0 Å². The Hall–Kier alpha value is -1.68. The second-order valence-electron chi connectivity index (χ2n) is 4.80. The number of nitrogens with two attached hydrogens (primary N) is 1. The molecule has 0 amide bonds. The maximum absolute atomic E-state index is 11.4. The molecule has 0 aliphatic rings. The minimum atomic E-state index is -0.366. The molecule has 0 aliphatic heterocycles. The number of carbonyl (C=O) groups excluding carboxylic acids is 2. The van der Waals surface area contributed by atoms with E-state index in [1.807, 2.05) is 24.3 Å². The monoisotopic (exact) mass is 263 g/mol. The fourth-order valence-corrected chi connectivity index (χ4v) is 1.58. The van der Waals surface area contributed by atoms with Crippen LogP contribution in [0.4, 0.5) is 0 Å². The van der Waals surface area contributed by atoms with Crippen molar-refractivity contribution in [1.82, 2.24) is 0 Å². The summed E-state index contributed by atoms with van der Waals surface area (Å²) in [7, 11) is 0. The van der Waals surface area contributed by atoms with Crippen molar-refractivity contribution in [3.05, 3.63) is 35.4 Å². The van der Waals surface area contributed by atoms with Crippen molar-refractivity contribution in [2.45, 2.75) is 39.2 Å². The summed E-state index contributed by atoms with van der Waals surface area (Å²) in [6, 6.07) is 7.97. The molecule has 0 spiro atoms. The van der Waals surface area contributed by atoms with E-state index >= 15 is 0 Å². The van der Waals surface area contributed by atoms with Crippen LogP contribution in [0.2, 0.25) is 0 Å². The Balaban J connectivity index is 2.35. The minimum Gasteiger partial charge on any atom is -0.461 e. The van der Waals surface area contributed by atoms with Crippen LogP contribution in [0.1, 0.15) is 43.7 Å². The van der Waals surface area contributed by atoms with E-state index in [1.165, 1.54) is 5.56 Å². The van der Waals surface area contributed by atoms with E-state index in [1.54, 1.807) is 0 Å². The zero-order valence-corrected chi connectivity index (χ0v) is 11.5. The molecule has 0 unspecified atom stereocenters. The zero-order chi connectivity index (χ0) is 14.3. The molecule has 4 nitrogen and oxygen atoms in total. The Kier molecular flexibility index (Phi) is 6.22. The van der Waals surface area contributed by atoms with Crippen molar-refractivity contribution in [1.29, 1.82) is 0 Å². The molecule has 104 valence electrons. The van der Waals surface area contributed by atoms with E-state index in [0.717, 1.165) is 5.56 Å². The van der Waals surface area contributed by atoms with E-state index in [4.69, 9.17) is 10.5 Å². The number of ether oxygens (including phenoxy) is 1. The van der Waals surface area contributed by atoms with Gasteiger partial charge in [0.25, 0.3) is 0 Å². The number of carbonyl (C=O) groups is 2. The number of rotatable bonds is 7. The third-order valence-electron chi connectivity index (χ3n) is 2.88. The third kappa shape index (κ3) is 5.66. The predicted octanol–water partition coefficient (Wildman–Crippen LogP) is 2.16. The Labute approximate surface area is 113 Å². The number of ketones is 1. The van der Waals surface area contributed by atoms with E-state index < -0.39 is 0 Å². The highest BCUT2D eigenvalue weighted by Gasteiger charge is 2.07. The summed E-state index contributed by atoms with van der Waals surface area (Å²) in [5.41, 5.74) is 7.36. The van der Waals surface area contributed by atoms with Crippen molar-refractivity contribution in [2.75, 3.05) is 6.54 Å². The summed E-state index contributed by atoms with van der Waals surface area (Å²) in [5, 5.41) is 0. The van der Waals surface area contributed by atoms with Gasteiger partial charge in [-0.15, -0.1) is 0 Å². The van der Waals surface area contributed by atoms with Crippen LogP contribution in [0.5, 0.6) is 0 Å². The molecule has 1 aromatic rings. The first-order valence-electron chi connectivity index (χ1n) is 6.49. The molecule has 1 aromatic carbocycles. The lowest BCUT2D eigenvalue weighted by molar-refractivity contribution is -0.146. The summed E-state index contributed by atoms with van der Waals surface area (Å²) in [4.78, 5) is 22.4. The van der Waals surface area contributed by atoms with Crippen LogP contribution in [0.25, 0.3) is 0 Å². The molecule has 0 aliphatic carbocycles. The zero-order valence-electron chi connectivity index (χ0n) is 11.5. The van der Waals surface area contributed by atoms with E-state index in [-0.39, 0.29) is 37.7 Å². The topological polar surface area (TPSA) is 69.4 Å². The molecule has 0 aromatic heterocycles. The van der Waals surface area contributed by atoms with Crippen molar-refractivity contribution in [3.8, 4) is 0 Å². The predicted molar refractivity (Wildman–Crippen MR) is 73.6 cm³/mol. The van der Waals surface area contributed by atoms with Gasteiger partial charge in [0, 0.05) is 6.42 Å². The van der Waals surface area contributed by atoms with Crippen molar-refractivity contribution >= 4 is 11.8 Å². The average molecular weight is 263 g/mol. The maximum Gasteiger partial charge on any atom is 0.306 e. The van der Waals surface area contributed by atoms with Crippen LogP contribution in [0, 0.1) is 0 Å². The first-order chi connectivity index (χ1) is 9.02. The van der Waals surface area contributed by atoms with Crippen LogP contribution in [-0.4, -0.2) is 18.3 Å². The maximum atomic E-state index is 11.4. The van der Waals surface area contributed by atoms with Gasteiger partial charge in [0.05, 0.1) is 13.0 Å². The van der Waals surface area contributed by atoms with E-state index in [0.29, 0.717) is 5.92 Å². The van der Waals surface area contributed by atoms with Crippen LogP contribution in [0.15, 0.2) is 24.3 Å². The quantitative estimate of drug-likeness (QED) is 0.765. The summed E-state index contributed by atoms with van der Waals surface area (Å²) in [5.74, 6) is -0.00755. The molecule has 0 radical (unpaired) electrons. The highest BCUT2D eigenvalue weighted by Crippen LogP contribution is 2.15. The molecule has 19 heavy (non-hydrogen) atoms. The summed E-state index contributed by atoms with van der Waals surface area (Å²) in [6.45, 7) is 4.48. The Bertz CT molecular complexity index is 424. The molecular weight excluding hydrogens is 242 g/mol. The molecule has 0 heterocycles. The smallest absolute Gasteiger partial charge is 0.306 e. The SMILES string of the molecule is CC(C)c1ccc(COC(=O)CCC(=O)CN)cc1. The number of Topliss-reactive ketones (excluding diaryl/α,β-unsaturated/α-hetero) is 1. The molecule has 4 heteroatoms. The van der Waals surface area contributed by atoms with Crippen molar-refractivity contribution in [3.63, 3.8) is 0 Å². The molecule has 0 fully saturated rings. The summed E-state index contributed by atoms with van der Waals surface area (Å²) < 4.78 is 5.09. The van der Waals surface area contributed by atoms with Gasteiger partial charge in [-0.2, -0.15) is 0 Å². The summed E-state index contributed by atoms with van der Waals surface area (Å²) >= 11 is 0. The molecule has 1 rings (SSSR count). The largest absolute Gasteiger partial charge is 0.461 e. The van der Waals surface area contributed by atoms with Gasteiger partial charge in [-0.25, -0.2) is 0 Å². The Morgan fingerprint density at radius 1 is 1.16 bits per heavy atom. The highest BCUT2D eigenvalue weighted by molar-refractivity contribution is 5.84. The Morgan fingerprint density at radius 3 is 2.32 bits per heavy atom. The van der Waals surface area contributed by atoms with Crippen LogP contribution in [-0.2, 0) is 20.9 Å². The van der Waals surface area contributed by atoms with Gasteiger partial charge in [-0.1, -0.05) is 38.1 Å². The van der Waals surface area contributed by atoms with E-state index in [9.17, 15) is 9.59 Å². The summed E-state index contributed by atoms with van der Waals surface area (Å²) in [6.07, 6.45) is 0.252. The molecule has 0 saturated heterocycles. The molecular formula is C15H21NO3. The van der Waals surface area contributed by atoms with Crippen molar-refractivity contribution in [2.24, 2.45) is 5.73 Å². The second-order valence-corrected chi connectivity index (χ2v) is 4.80. The average Bonchev–Trinajstić information content (AvgIpc) is 2.42. The second kappa shape index (κ2) is 7.69. The third-order valence-corrected chi connectivity index (χ3v) is 2.88. The highest BCUT2D eigenvalue weighted by atomic mass is 16.5. The molecule has 0 bridgehead atoms.